The number of hydrogen-bond acceptors (Lipinski definition) is 23. The van der Waals surface area contributed by atoms with Gasteiger partial charge in [0.1, 0.15) is 44.9 Å². The number of fused-ring (bicyclic) bond motifs is 20. The highest BCUT2D eigenvalue weighted by molar-refractivity contribution is 5.87. The molecule has 20 aliphatic rings. The maximum absolute atomic E-state index is 12.7. The van der Waals surface area contributed by atoms with Crippen LogP contribution in [0.1, 0.15) is 287 Å². The zero-order valence-electron chi connectivity index (χ0n) is 72.2. The lowest BCUT2D eigenvalue weighted by Gasteiger charge is -2.66. The Kier molecular flexibility index (Phi) is 21.6. The van der Waals surface area contributed by atoms with Crippen LogP contribution in [-0.2, 0) is 66.8 Å². The van der Waals surface area contributed by atoms with Gasteiger partial charge in [-0.1, -0.05) is 41.5 Å². The molecule has 0 aromatic heterocycles. The van der Waals surface area contributed by atoms with Crippen molar-refractivity contribution in [1.29, 1.82) is 0 Å². The molecule has 16 aliphatic carbocycles. The number of aliphatic carboxylic acids is 1. The van der Waals surface area contributed by atoms with Gasteiger partial charge in [0.2, 0.25) is 0 Å². The summed E-state index contributed by atoms with van der Waals surface area (Å²) in [5, 5.41) is 114. The minimum atomic E-state index is -1.44. The molecule has 10 N–H and O–H groups in total. The summed E-state index contributed by atoms with van der Waals surface area (Å²) in [6, 6.07) is 0. The van der Waals surface area contributed by atoms with Crippen LogP contribution in [0.15, 0.2) is 46.6 Å². The van der Waals surface area contributed by atoms with Gasteiger partial charge >= 0.3 is 41.8 Å². The number of hydrogen-bond donors (Lipinski definition) is 10. The van der Waals surface area contributed by atoms with E-state index < -0.39 is 73.6 Å². The maximum atomic E-state index is 12.7. The van der Waals surface area contributed by atoms with E-state index in [1.807, 2.05) is 0 Å². The molecule has 20 rings (SSSR count). The first kappa shape index (κ1) is 86.7. The topological polar surface area (TPSA) is 394 Å². The molecule has 4 heterocycles. The van der Waals surface area contributed by atoms with E-state index in [0.29, 0.717) is 115 Å². The molecule has 24 nitrogen and oxygen atoms in total. The number of carboxylic acids is 1. The Hall–Kier alpha value is -5.44. The SMILES string of the molecule is CC(=O)OC1CCC2(C)C(CC[C@@H]3[C@@H]2CCC2(C)C(C4=CC(=O)OC4)CCC32O)C1.CC(=O)OC1CCC2(C=O)[C@H]3CCC4(C)C(C5=CC(=O)OC5)CCC4(O)[C@@H]3CCC2(O)C1.CC12CC[C@H]3[C@@H](CCC4(O)CC(O)CCC34C(=O)O)C1(O)CCC2C1=CC(=O)OC1.CC12CC[C@H]3[C@@H](CCC4(O)CC(O)CCC34C)C1(O)CCC2C1=CC(=O)OC1. The van der Waals surface area contributed by atoms with Gasteiger partial charge in [-0.2, -0.15) is 0 Å². The molecule has 0 spiro atoms. The minimum absolute atomic E-state index is 0.0460. The highest BCUT2D eigenvalue weighted by Gasteiger charge is 2.77. The van der Waals surface area contributed by atoms with Crippen LogP contribution in [-0.4, -0.2) is 189 Å². The zero-order chi connectivity index (χ0) is 85.7. The Balaban J connectivity index is 0.000000114. The third kappa shape index (κ3) is 12.5. The molecule has 4 aliphatic heterocycles. The lowest BCUT2D eigenvalue weighted by molar-refractivity contribution is -0.260. The second-order valence-electron chi connectivity index (χ2n) is 44.2. The summed E-state index contributed by atoms with van der Waals surface area (Å²) >= 11 is 0. The number of carbonyl (C=O) groups is 8. The lowest BCUT2D eigenvalue weighted by Crippen LogP contribution is -2.70. The number of aliphatic hydroxyl groups excluding tert-OH is 2. The molecular weight excluding hydrogens is 1540 g/mol. The van der Waals surface area contributed by atoms with Crippen molar-refractivity contribution in [2.45, 2.75) is 350 Å². The Morgan fingerprint density at radius 3 is 1.16 bits per heavy atom. The first-order chi connectivity index (χ1) is 56.5. The first-order valence-electron chi connectivity index (χ1n) is 46.4. The van der Waals surface area contributed by atoms with Gasteiger partial charge in [-0.05, 0) is 322 Å². The molecule has 0 aromatic carbocycles. The third-order valence-electron chi connectivity index (χ3n) is 40.5. The first-order valence-corrected chi connectivity index (χ1v) is 46.4. The molecule has 0 aromatic rings. The maximum Gasteiger partial charge on any atom is 0.331 e. The number of aldehydes is 1. The number of aliphatic hydroxyl groups is 9. The van der Waals surface area contributed by atoms with Crippen LogP contribution in [0.2, 0.25) is 0 Å². The molecule has 0 amide bonds. The van der Waals surface area contributed by atoms with Crippen LogP contribution in [0.3, 0.4) is 0 Å². The van der Waals surface area contributed by atoms with Crippen LogP contribution >= 0.6 is 0 Å². The van der Waals surface area contributed by atoms with E-state index in [1.165, 1.54) is 13.8 Å². The summed E-state index contributed by atoms with van der Waals surface area (Å²) in [6.07, 6.45) is 31.6. The number of rotatable bonds is 8. The molecule has 24 heteroatoms. The van der Waals surface area contributed by atoms with Crippen molar-refractivity contribution >= 4 is 48.1 Å². The van der Waals surface area contributed by atoms with Crippen molar-refractivity contribution in [1.82, 2.24) is 0 Å². The van der Waals surface area contributed by atoms with Gasteiger partial charge in [0, 0.05) is 79.1 Å². The predicted molar refractivity (Wildman–Crippen MR) is 433 cm³/mol. The summed E-state index contributed by atoms with van der Waals surface area (Å²) in [6.45, 7) is 17.6. The fourth-order valence-corrected chi connectivity index (χ4v) is 34.2. The number of esters is 6. The van der Waals surface area contributed by atoms with Gasteiger partial charge in [0.25, 0.3) is 0 Å². The van der Waals surface area contributed by atoms with Gasteiger partial charge < -0.3 is 84.3 Å². The number of carbonyl (C=O) groups excluding carboxylic acids is 7. The van der Waals surface area contributed by atoms with E-state index in [4.69, 9.17) is 28.4 Å². The van der Waals surface area contributed by atoms with E-state index in [2.05, 4.69) is 41.5 Å². The Bertz CT molecular complexity index is 4280. The van der Waals surface area contributed by atoms with E-state index in [0.717, 1.165) is 157 Å². The van der Waals surface area contributed by atoms with Crippen LogP contribution in [0, 0.1) is 120 Å². The molecule has 0 radical (unpaired) electrons. The normalized spacial score (nSPS) is 52.0. The van der Waals surface area contributed by atoms with Crippen molar-refractivity contribution in [2.24, 2.45) is 120 Å². The predicted octanol–water partition coefficient (Wildman–Crippen LogP) is 11.1. The third-order valence-corrected chi connectivity index (χ3v) is 40.5. The minimum Gasteiger partial charge on any atom is -0.481 e. The number of ether oxygens (including phenoxy) is 6. The molecule has 0 saturated heterocycles. The standard InChI is InChI=1S/C25H34O7.C25H36O5.C23H32O7.C23H34O5/c1-15(27)32-17-3-8-23(14-26)19-4-7-22(2)18(16-11-21(28)31-13-16)6-10-25(22,30)20(19)5-9-24(23,29)12-17;1-15(26)30-18-6-9-23(2)17(13-18)4-5-21-20(23)7-10-24(3)19(8-11-25(21,24)28)16-12-22(27)29-14-16;1-20-6-3-16-17(23(20,29)9-5-15(20)13-10-18(25)30-12-13)4-7-21(28)11-14(24)2-8-22(16,21)19(26)27;1-20-7-3-15(24)12-22(20,26)9-5-18-17(20)4-8-21(2)16(6-10-23(18,21)27)14-11-19(25)28-13-14/h11,14,17-20,29-30H,3-10,12-13H2,1-2H3;12,17-21,28H,4-11,13-14H2,1-3H3;10,14-17,24,28-29H,2-9,11-12H2,1H3,(H,26,27);11,15-18,24,26-27H,3-10,12-13H2,1-2H3/t17?,18?,19-,20+,22?,23?,24?,25?;17?,18?,19?,20-,21+,23?,24?,25?;14?,15?,16-,17+,20?,21?,22?,23?;15?,16?,17-,18+,20?,21?,22?,23?/m0000/s1. The quantitative estimate of drug-likeness (QED) is 0.0613. The molecule has 120 heavy (non-hydrogen) atoms. The molecule has 16 fully saturated rings. The molecular formula is C96H136O24. The van der Waals surface area contributed by atoms with Crippen molar-refractivity contribution in [2.75, 3.05) is 26.4 Å². The summed E-state index contributed by atoms with van der Waals surface area (Å²) in [5.74, 6) is -0.894. The molecule has 24 unspecified atom stereocenters. The van der Waals surface area contributed by atoms with Gasteiger partial charge in [-0.15, -0.1) is 0 Å². The van der Waals surface area contributed by atoms with E-state index in [9.17, 15) is 89.4 Å². The van der Waals surface area contributed by atoms with E-state index in [-0.39, 0.29) is 167 Å². The zero-order valence-corrected chi connectivity index (χ0v) is 72.2. The average molecular weight is 1670 g/mol. The van der Waals surface area contributed by atoms with Crippen LogP contribution in [0.4, 0.5) is 0 Å². The van der Waals surface area contributed by atoms with Crippen LogP contribution < -0.4 is 0 Å². The fourth-order valence-electron chi connectivity index (χ4n) is 34.2. The van der Waals surface area contributed by atoms with Gasteiger partial charge in [-0.3, -0.25) is 14.4 Å². The Morgan fingerprint density at radius 1 is 0.367 bits per heavy atom. The number of carboxylic acid groups (broad SMARTS) is 1. The van der Waals surface area contributed by atoms with Gasteiger partial charge in [-0.25, -0.2) is 19.2 Å². The fraction of sp³-hybridized carbons (Fsp3) is 0.833. The van der Waals surface area contributed by atoms with Crippen LogP contribution in [0.5, 0.6) is 0 Å². The molecule has 16 saturated carbocycles. The van der Waals surface area contributed by atoms with Gasteiger partial charge in [0.05, 0.1) is 62.2 Å². The highest BCUT2D eigenvalue weighted by Crippen LogP contribution is 2.76. The molecule has 32 atom stereocenters. The summed E-state index contributed by atoms with van der Waals surface area (Å²) in [4.78, 5) is 94.9. The van der Waals surface area contributed by atoms with Crippen molar-refractivity contribution in [3.63, 3.8) is 0 Å². The van der Waals surface area contributed by atoms with E-state index in [1.54, 1.807) is 24.3 Å². The molecule has 0 bridgehead atoms. The van der Waals surface area contributed by atoms with Crippen LogP contribution in [0.25, 0.3) is 0 Å². The Morgan fingerprint density at radius 2 is 0.725 bits per heavy atom. The van der Waals surface area contributed by atoms with Gasteiger partial charge in [0.15, 0.2) is 0 Å². The van der Waals surface area contributed by atoms with Crippen molar-refractivity contribution in [3.8, 4) is 0 Å². The second kappa shape index (κ2) is 29.8. The highest BCUT2D eigenvalue weighted by atomic mass is 16.6. The Labute approximate surface area is 705 Å². The average Bonchev–Trinajstić information content (AvgIpc) is 1.35. The summed E-state index contributed by atoms with van der Waals surface area (Å²) in [7, 11) is 0. The van der Waals surface area contributed by atoms with E-state index >= 15 is 0 Å². The number of cyclic esters (lactones) is 4. The van der Waals surface area contributed by atoms with Crippen molar-refractivity contribution in [3.05, 3.63) is 46.6 Å². The molecule has 664 valence electrons. The summed E-state index contributed by atoms with van der Waals surface area (Å²) < 4.78 is 31.7. The lowest BCUT2D eigenvalue weighted by atomic mass is 9.41. The second-order valence-corrected chi connectivity index (χ2v) is 44.2. The monoisotopic (exact) mass is 1670 g/mol. The smallest absolute Gasteiger partial charge is 0.331 e. The largest absolute Gasteiger partial charge is 0.481 e. The van der Waals surface area contributed by atoms with Crippen molar-refractivity contribution < 1.29 is 118 Å². The summed E-state index contributed by atoms with van der Waals surface area (Å²) in [5.41, 5.74) is -6.31.